The highest BCUT2D eigenvalue weighted by molar-refractivity contribution is 5.98. The maximum atomic E-state index is 11.1. The normalized spacial score (nSPS) is 14.7. The molecule has 0 aliphatic carbocycles. The molecule has 0 atom stereocenters. The van der Waals surface area contributed by atoms with Gasteiger partial charge in [-0.25, -0.2) is 5.06 Å². The molecule has 0 radical (unpaired) electrons. The standard InChI is InChI=1S/C10H10N2O2/c11-10(13)8-4-1-2-5-9(8)12-6-3-7-14-12/h1-6H,7H2,(H2,11,13). The second-order valence-corrected chi connectivity index (χ2v) is 2.89. The minimum absolute atomic E-state index is 0.454. The number of hydroxylamine groups is 1. The Morgan fingerprint density at radius 2 is 2.21 bits per heavy atom. The summed E-state index contributed by atoms with van der Waals surface area (Å²) in [6.45, 7) is 0.521. The SMILES string of the molecule is NC(=O)c1ccccc1N1C=CCO1. The van der Waals surface area contributed by atoms with Crippen molar-refractivity contribution in [2.24, 2.45) is 5.73 Å². The summed E-state index contributed by atoms with van der Waals surface area (Å²) in [6, 6.07) is 7.06. The molecule has 1 aliphatic heterocycles. The van der Waals surface area contributed by atoms with Crippen LogP contribution in [0.15, 0.2) is 36.5 Å². The van der Waals surface area contributed by atoms with Crippen LogP contribution in [-0.4, -0.2) is 12.5 Å². The van der Waals surface area contributed by atoms with Crippen LogP contribution in [-0.2, 0) is 4.84 Å². The third-order valence-corrected chi connectivity index (χ3v) is 1.96. The van der Waals surface area contributed by atoms with Crippen molar-refractivity contribution in [2.75, 3.05) is 11.7 Å². The maximum absolute atomic E-state index is 11.1. The van der Waals surface area contributed by atoms with Gasteiger partial charge in [-0.2, -0.15) is 0 Å². The lowest BCUT2D eigenvalue weighted by Gasteiger charge is -2.16. The van der Waals surface area contributed by atoms with Crippen LogP contribution in [0.4, 0.5) is 5.69 Å². The number of benzene rings is 1. The summed E-state index contributed by atoms with van der Waals surface area (Å²) in [7, 11) is 0. The van der Waals surface area contributed by atoms with Gasteiger partial charge in [-0.3, -0.25) is 9.63 Å². The molecule has 0 unspecified atom stereocenters. The molecule has 0 bridgehead atoms. The Labute approximate surface area is 81.5 Å². The zero-order valence-corrected chi connectivity index (χ0v) is 7.51. The Bertz CT molecular complexity index is 387. The number of nitrogens with two attached hydrogens (primary N) is 1. The molecule has 0 fully saturated rings. The number of carbonyl (C=O) groups is 1. The van der Waals surface area contributed by atoms with E-state index in [9.17, 15) is 4.79 Å². The lowest BCUT2D eigenvalue weighted by Crippen LogP contribution is -2.19. The van der Waals surface area contributed by atoms with Gasteiger partial charge in [-0.1, -0.05) is 12.1 Å². The van der Waals surface area contributed by atoms with E-state index in [2.05, 4.69) is 0 Å². The number of hydrogen-bond acceptors (Lipinski definition) is 3. The molecule has 14 heavy (non-hydrogen) atoms. The van der Waals surface area contributed by atoms with Gasteiger partial charge in [0.05, 0.1) is 17.9 Å². The van der Waals surface area contributed by atoms with E-state index in [1.807, 2.05) is 12.1 Å². The van der Waals surface area contributed by atoms with Crippen molar-refractivity contribution >= 4 is 11.6 Å². The average Bonchev–Trinajstić information content (AvgIpc) is 2.70. The Hall–Kier alpha value is -1.81. The molecular weight excluding hydrogens is 180 g/mol. The van der Waals surface area contributed by atoms with E-state index in [1.54, 1.807) is 29.5 Å². The van der Waals surface area contributed by atoms with Gasteiger partial charge in [-0.05, 0) is 18.2 Å². The third-order valence-electron chi connectivity index (χ3n) is 1.96. The molecule has 1 aromatic carbocycles. The lowest BCUT2D eigenvalue weighted by molar-refractivity contribution is 0.0998. The van der Waals surface area contributed by atoms with Crippen molar-refractivity contribution in [3.05, 3.63) is 42.1 Å². The first-order valence-electron chi connectivity index (χ1n) is 4.26. The van der Waals surface area contributed by atoms with Gasteiger partial charge in [0.15, 0.2) is 0 Å². The number of amides is 1. The molecule has 0 saturated carbocycles. The second kappa shape index (κ2) is 3.51. The minimum atomic E-state index is -0.454. The Morgan fingerprint density at radius 3 is 2.86 bits per heavy atom. The van der Waals surface area contributed by atoms with Gasteiger partial charge in [0.1, 0.15) is 0 Å². The molecule has 1 aliphatic rings. The first kappa shape index (κ1) is 8.77. The predicted octanol–water partition coefficient (Wildman–Crippen LogP) is 1.05. The van der Waals surface area contributed by atoms with Crippen LogP contribution in [0.25, 0.3) is 0 Å². The minimum Gasteiger partial charge on any atom is -0.366 e. The van der Waals surface area contributed by atoms with Crippen molar-refractivity contribution < 1.29 is 9.63 Å². The summed E-state index contributed by atoms with van der Waals surface area (Å²) >= 11 is 0. The van der Waals surface area contributed by atoms with Crippen molar-refractivity contribution in [1.29, 1.82) is 0 Å². The summed E-state index contributed by atoms with van der Waals surface area (Å²) in [6.07, 6.45) is 3.62. The number of carbonyl (C=O) groups excluding carboxylic acids is 1. The molecule has 72 valence electrons. The second-order valence-electron chi connectivity index (χ2n) is 2.89. The molecule has 4 heteroatoms. The fraction of sp³-hybridized carbons (Fsp3) is 0.100. The van der Waals surface area contributed by atoms with Crippen molar-refractivity contribution in [3.63, 3.8) is 0 Å². The van der Waals surface area contributed by atoms with Crippen LogP contribution >= 0.6 is 0 Å². The molecule has 1 aromatic rings. The zero-order valence-electron chi connectivity index (χ0n) is 7.51. The van der Waals surface area contributed by atoms with Crippen LogP contribution < -0.4 is 10.8 Å². The Morgan fingerprint density at radius 1 is 1.43 bits per heavy atom. The highest BCUT2D eigenvalue weighted by Crippen LogP contribution is 2.22. The van der Waals surface area contributed by atoms with E-state index >= 15 is 0 Å². The largest absolute Gasteiger partial charge is 0.366 e. The van der Waals surface area contributed by atoms with Gasteiger partial charge in [-0.15, -0.1) is 0 Å². The van der Waals surface area contributed by atoms with E-state index in [1.165, 1.54) is 0 Å². The van der Waals surface area contributed by atoms with Gasteiger partial charge < -0.3 is 5.73 Å². The van der Waals surface area contributed by atoms with E-state index in [-0.39, 0.29) is 0 Å². The predicted molar refractivity (Wildman–Crippen MR) is 52.5 cm³/mol. The molecule has 4 nitrogen and oxygen atoms in total. The lowest BCUT2D eigenvalue weighted by atomic mass is 10.1. The van der Waals surface area contributed by atoms with Gasteiger partial charge >= 0.3 is 0 Å². The topological polar surface area (TPSA) is 55.6 Å². The van der Waals surface area contributed by atoms with Crippen LogP contribution in [0.2, 0.25) is 0 Å². The fourth-order valence-corrected chi connectivity index (χ4v) is 1.33. The summed E-state index contributed by atoms with van der Waals surface area (Å²) in [4.78, 5) is 16.3. The first-order valence-corrected chi connectivity index (χ1v) is 4.26. The van der Waals surface area contributed by atoms with Crippen LogP contribution in [0.3, 0.4) is 0 Å². The number of anilines is 1. The highest BCUT2D eigenvalue weighted by Gasteiger charge is 2.14. The number of rotatable bonds is 2. The number of hydrogen-bond donors (Lipinski definition) is 1. The molecule has 0 spiro atoms. The van der Waals surface area contributed by atoms with Crippen LogP contribution in [0.5, 0.6) is 0 Å². The number of para-hydroxylation sites is 1. The fourth-order valence-electron chi connectivity index (χ4n) is 1.33. The van der Waals surface area contributed by atoms with Crippen LogP contribution in [0.1, 0.15) is 10.4 Å². The highest BCUT2D eigenvalue weighted by atomic mass is 16.7. The quantitative estimate of drug-likeness (QED) is 0.758. The van der Waals surface area contributed by atoms with Gasteiger partial charge in [0.2, 0.25) is 0 Å². The summed E-state index contributed by atoms with van der Waals surface area (Å²) in [5, 5.41) is 1.54. The van der Waals surface area contributed by atoms with Crippen molar-refractivity contribution in [1.82, 2.24) is 0 Å². The van der Waals surface area contributed by atoms with Crippen LogP contribution in [0, 0.1) is 0 Å². The molecule has 0 saturated heterocycles. The monoisotopic (exact) mass is 190 g/mol. The summed E-state index contributed by atoms with van der Waals surface area (Å²) in [5.74, 6) is -0.454. The van der Waals surface area contributed by atoms with Crippen molar-refractivity contribution in [3.8, 4) is 0 Å². The van der Waals surface area contributed by atoms with Gasteiger partial charge in [0, 0.05) is 6.20 Å². The van der Waals surface area contributed by atoms with E-state index in [0.29, 0.717) is 17.9 Å². The zero-order chi connectivity index (χ0) is 9.97. The van der Waals surface area contributed by atoms with E-state index in [0.717, 1.165) is 0 Å². The average molecular weight is 190 g/mol. The van der Waals surface area contributed by atoms with Crippen molar-refractivity contribution in [2.45, 2.75) is 0 Å². The number of primary amides is 1. The van der Waals surface area contributed by atoms with Gasteiger partial charge in [0.25, 0.3) is 5.91 Å². The molecule has 2 N–H and O–H groups in total. The van der Waals surface area contributed by atoms with E-state index < -0.39 is 5.91 Å². The molecule has 1 amide bonds. The maximum Gasteiger partial charge on any atom is 0.250 e. The molecule has 1 heterocycles. The Balaban J connectivity index is 2.40. The third kappa shape index (κ3) is 1.47. The first-order chi connectivity index (χ1) is 6.79. The molecular formula is C10H10N2O2. The smallest absolute Gasteiger partial charge is 0.250 e. The molecule has 0 aromatic heterocycles. The van der Waals surface area contributed by atoms with E-state index in [4.69, 9.17) is 10.6 Å². The number of nitrogens with zero attached hydrogens (tertiary/aromatic N) is 1. The Kier molecular flexibility index (Phi) is 2.20. The molecule has 2 rings (SSSR count). The summed E-state index contributed by atoms with van der Waals surface area (Å²) in [5.41, 5.74) is 6.37. The summed E-state index contributed by atoms with van der Waals surface area (Å²) < 4.78 is 0.